The lowest BCUT2D eigenvalue weighted by molar-refractivity contribution is -0.154. The lowest BCUT2D eigenvalue weighted by Crippen LogP contribution is -2.31. The van der Waals surface area contributed by atoms with Gasteiger partial charge in [0.15, 0.2) is 6.10 Å². The largest absolute Gasteiger partial charge is 0.497 e. The Labute approximate surface area is 137 Å². The number of carbonyl (C=O) groups excluding carboxylic acids is 2. The fraction of sp³-hybridized carbons (Fsp3) is 0.529. The second-order valence-electron chi connectivity index (χ2n) is 6.42. The molecule has 23 heavy (non-hydrogen) atoms. The summed E-state index contributed by atoms with van der Waals surface area (Å²) in [6.07, 6.45) is -0.659. The van der Waals surface area contributed by atoms with Crippen LogP contribution in [0.25, 0.3) is 0 Å². The summed E-state index contributed by atoms with van der Waals surface area (Å²) < 4.78 is 15.5. The van der Waals surface area contributed by atoms with E-state index in [2.05, 4.69) is 5.32 Å². The van der Waals surface area contributed by atoms with Crippen molar-refractivity contribution in [2.75, 3.05) is 19.5 Å². The van der Waals surface area contributed by atoms with E-state index in [0.29, 0.717) is 17.2 Å². The maximum atomic E-state index is 12.2. The van der Waals surface area contributed by atoms with Crippen LogP contribution in [-0.2, 0) is 14.3 Å². The first-order valence-corrected chi connectivity index (χ1v) is 7.38. The first kappa shape index (κ1) is 18.8. The highest BCUT2D eigenvalue weighted by molar-refractivity contribution is 5.96. The Hall–Kier alpha value is -2.24. The van der Waals surface area contributed by atoms with Gasteiger partial charge in [-0.25, -0.2) is 0 Å². The minimum absolute atomic E-state index is 0.191. The monoisotopic (exact) mass is 323 g/mol. The zero-order valence-corrected chi connectivity index (χ0v) is 14.6. The SMILES string of the molecule is COc1ccc(OC)c(NC(=O)C(C)OC(=O)CC(C)(C)C)c1. The summed E-state index contributed by atoms with van der Waals surface area (Å²) in [4.78, 5) is 24.0. The smallest absolute Gasteiger partial charge is 0.307 e. The minimum atomic E-state index is -0.902. The summed E-state index contributed by atoms with van der Waals surface area (Å²) in [6, 6.07) is 5.05. The highest BCUT2D eigenvalue weighted by atomic mass is 16.5. The molecule has 0 radical (unpaired) electrons. The van der Waals surface area contributed by atoms with Gasteiger partial charge < -0.3 is 19.5 Å². The van der Waals surface area contributed by atoms with Gasteiger partial charge in [0.1, 0.15) is 11.5 Å². The molecule has 1 amide bonds. The molecule has 0 spiro atoms. The van der Waals surface area contributed by atoms with Crippen LogP contribution in [0.1, 0.15) is 34.1 Å². The average molecular weight is 323 g/mol. The van der Waals surface area contributed by atoms with Crippen molar-refractivity contribution in [2.45, 2.75) is 40.2 Å². The standard InChI is InChI=1S/C17H25NO5/c1-11(23-15(19)10-17(2,3)4)16(20)18-13-9-12(21-5)7-8-14(13)22-6/h7-9,11H,10H2,1-6H3,(H,18,20). The molecule has 1 aromatic rings. The third-order valence-electron chi connectivity index (χ3n) is 3.02. The van der Waals surface area contributed by atoms with E-state index in [4.69, 9.17) is 14.2 Å². The predicted molar refractivity (Wildman–Crippen MR) is 87.8 cm³/mol. The molecular formula is C17H25NO5. The molecule has 1 unspecified atom stereocenters. The van der Waals surface area contributed by atoms with Gasteiger partial charge >= 0.3 is 5.97 Å². The summed E-state index contributed by atoms with van der Waals surface area (Å²) in [5.74, 6) is 0.238. The molecule has 0 fully saturated rings. The van der Waals surface area contributed by atoms with Crippen molar-refractivity contribution in [3.05, 3.63) is 18.2 Å². The molecule has 0 saturated carbocycles. The van der Waals surface area contributed by atoms with Crippen molar-refractivity contribution < 1.29 is 23.8 Å². The Balaban J connectivity index is 2.73. The fourth-order valence-electron chi connectivity index (χ4n) is 1.87. The number of ether oxygens (including phenoxy) is 3. The molecule has 0 bridgehead atoms. The molecule has 1 N–H and O–H groups in total. The molecule has 0 heterocycles. The number of esters is 1. The lowest BCUT2D eigenvalue weighted by Gasteiger charge is -2.19. The molecule has 0 aliphatic rings. The Morgan fingerprint density at radius 1 is 1.17 bits per heavy atom. The molecule has 0 aromatic heterocycles. The van der Waals surface area contributed by atoms with Crippen LogP contribution in [0, 0.1) is 5.41 Å². The number of nitrogens with one attached hydrogen (secondary N) is 1. The number of hydrogen-bond donors (Lipinski definition) is 1. The minimum Gasteiger partial charge on any atom is -0.497 e. The van der Waals surface area contributed by atoms with E-state index in [0.717, 1.165) is 0 Å². The quantitative estimate of drug-likeness (QED) is 0.815. The van der Waals surface area contributed by atoms with Crippen LogP contribution in [-0.4, -0.2) is 32.2 Å². The van der Waals surface area contributed by atoms with Gasteiger partial charge in [0.2, 0.25) is 0 Å². The van der Waals surface area contributed by atoms with Crippen LogP contribution in [0.5, 0.6) is 11.5 Å². The summed E-state index contributed by atoms with van der Waals surface area (Å²) in [7, 11) is 3.04. The van der Waals surface area contributed by atoms with E-state index >= 15 is 0 Å². The third-order valence-corrected chi connectivity index (χ3v) is 3.02. The van der Waals surface area contributed by atoms with Gasteiger partial charge in [-0.3, -0.25) is 9.59 Å². The van der Waals surface area contributed by atoms with Crippen molar-refractivity contribution in [2.24, 2.45) is 5.41 Å². The maximum Gasteiger partial charge on any atom is 0.307 e. The molecule has 0 aliphatic heterocycles. The van der Waals surface area contributed by atoms with E-state index in [1.807, 2.05) is 20.8 Å². The molecule has 0 saturated heterocycles. The second-order valence-corrected chi connectivity index (χ2v) is 6.42. The number of hydrogen-bond acceptors (Lipinski definition) is 5. The van der Waals surface area contributed by atoms with Crippen molar-refractivity contribution in [1.82, 2.24) is 0 Å². The van der Waals surface area contributed by atoms with Crippen LogP contribution < -0.4 is 14.8 Å². The Bertz CT molecular complexity index is 563. The van der Waals surface area contributed by atoms with Crippen molar-refractivity contribution >= 4 is 17.6 Å². The van der Waals surface area contributed by atoms with Crippen LogP contribution in [0.2, 0.25) is 0 Å². The van der Waals surface area contributed by atoms with Crippen LogP contribution in [0.3, 0.4) is 0 Å². The second kappa shape index (κ2) is 7.85. The van der Waals surface area contributed by atoms with Crippen molar-refractivity contribution in [1.29, 1.82) is 0 Å². The highest BCUT2D eigenvalue weighted by Crippen LogP contribution is 2.29. The van der Waals surface area contributed by atoms with E-state index in [1.165, 1.54) is 21.1 Å². The number of carbonyl (C=O) groups is 2. The van der Waals surface area contributed by atoms with Gasteiger partial charge in [0.05, 0.1) is 26.3 Å². The average Bonchev–Trinajstić information content (AvgIpc) is 2.44. The van der Waals surface area contributed by atoms with Gasteiger partial charge in [-0.15, -0.1) is 0 Å². The van der Waals surface area contributed by atoms with Crippen molar-refractivity contribution in [3.8, 4) is 11.5 Å². The number of rotatable bonds is 6. The normalized spacial score (nSPS) is 12.3. The number of amides is 1. The van der Waals surface area contributed by atoms with Crippen LogP contribution >= 0.6 is 0 Å². The van der Waals surface area contributed by atoms with Crippen LogP contribution in [0.4, 0.5) is 5.69 Å². The highest BCUT2D eigenvalue weighted by Gasteiger charge is 2.23. The van der Waals surface area contributed by atoms with Crippen LogP contribution in [0.15, 0.2) is 18.2 Å². The van der Waals surface area contributed by atoms with Gasteiger partial charge in [-0.2, -0.15) is 0 Å². The molecule has 1 atom stereocenters. The number of anilines is 1. The fourth-order valence-corrected chi connectivity index (χ4v) is 1.87. The zero-order valence-electron chi connectivity index (χ0n) is 14.6. The summed E-state index contributed by atoms with van der Waals surface area (Å²) in [5, 5.41) is 2.68. The molecule has 0 aliphatic carbocycles. The Kier molecular flexibility index (Phi) is 6.42. The van der Waals surface area contributed by atoms with Gasteiger partial charge in [-0.1, -0.05) is 20.8 Å². The van der Waals surface area contributed by atoms with E-state index in [-0.39, 0.29) is 11.8 Å². The first-order chi connectivity index (χ1) is 10.7. The summed E-state index contributed by atoms with van der Waals surface area (Å²) >= 11 is 0. The van der Waals surface area contributed by atoms with E-state index in [1.54, 1.807) is 18.2 Å². The molecule has 128 valence electrons. The molecule has 6 heteroatoms. The molecule has 6 nitrogen and oxygen atoms in total. The number of methoxy groups -OCH3 is 2. The number of benzene rings is 1. The maximum absolute atomic E-state index is 12.2. The summed E-state index contributed by atoms with van der Waals surface area (Å²) in [6.45, 7) is 7.32. The lowest BCUT2D eigenvalue weighted by atomic mass is 9.92. The molecule has 1 aromatic carbocycles. The third kappa shape index (κ3) is 6.18. The molecular weight excluding hydrogens is 298 g/mol. The van der Waals surface area contributed by atoms with E-state index < -0.39 is 18.0 Å². The topological polar surface area (TPSA) is 73.9 Å². The van der Waals surface area contributed by atoms with E-state index in [9.17, 15) is 9.59 Å². The zero-order chi connectivity index (χ0) is 17.6. The Morgan fingerprint density at radius 3 is 2.35 bits per heavy atom. The van der Waals surface area contributed by atoms with Gasteiger partial charge in [-0.05, 0) is 24.5 Å². The van der Waals surface area contributed by atoms with Crippen molar-refractivity contribution in [3.63, 3.8) is 0 Å². The van der Waals surface area contributed by atoms with Gasteiger partial charge in [0, 0.05) is 6.07 Å². The molecule has 1 rings (SSSR count). The Morgan fingerprint density at radius 2 is 1.83 bits per heavy atom. The predicted octanol–water partition coefficient (Wildman–Crippen LogP) is 3.01. The first-order valence-electron chi connectivity index (χ1n) is 7.38. The van der Waals surface area contributed by atoms with Gasteiger partial charge in [0.25, 0.3) is 5.91 Å². The summed E-state index contributed by atoms with van der Waals surface area (Å²) in [5.41, 5.74) is 0.263.